The molecule has 0 amide bonds. The molecule has 15 heavy (non-hydrogen) atoms. The van der Waals surface area contributed by atoms with Gasteiger partial charge in [0.2, 0.25) is 0 Å². The number of ether oxygens (including phenoxy) is 1. The molecular weight excluding hydrogens is 206 g/mol. The molecule has 0 spiro atoms. The summed E-state index contributed by atoms with van der Waals surface area (Å²) in [5, 5.41) is 7.84. The van der Waals surface area contributed by atoms with Gasteiger partial charge in [-0.1, -0.05) is 6.92 Å². The molecule has 1 heterocycles. The minimum absolute atomic E-state index is 0.436. The van der Waals surface area contributed by atoms with Crippen molar-refractivity contribution in [2.75, 3.05) is 19.8 Å². The number of hydrogen-bond acceptors (Lipinski definition) is 3. The van der Waals surface area contributed by atoms with Crippen molar-refractivity contribution in [1.82, 2.24) is 5.32 Å². The average Bonchev–Trinajstić information content (AvgIpc) is 2.76. The molecule has 0 aliphatic heterocycles. The highest BCUT2D eigenvalue weighted by Gasteiger charge is 2.07. The lowest BCUT2D eigenvalue weighted by atomic mass is 10.1. The van der Waals surface area contributed by atoms with Crippen molar-refractivity contribution in [1.29, 1.82) is 0 Å². The van der Waals surface area contributed by atoms with Crippen molar-refractivity contribution in [2.45, 2.75) is 32.7 Å². The fourth-order valence-corrected chi connectivity index (χ4v) is 2.19. The zero-order valence-electron chi connectivity index (χ0n) is 9.82. The van der Waals surface area contributed by atoms with Gasteiger partial charge in [0.05, 0.1) is 6.61 Å². The largest absolute Gasteiger partial charge is 0.380 e. The van der Waals surface area contributed by atoms with Crippen molar-refractivity contribution < 1.29 is 4.74 Å². The summed E-state index contributed by atoms with van der Waals surface area (Å²) in [6.07, 6.45) is 0. The molecule has 0 saturated carbocycles. The molecule has 86 valence electrons. The van der Waals surface area contributed by atoms with Crippen molar-refractivity contribution >= 4 is 11.3 Å². The van der Waals surface area contributed by atoms with Crippen LogP contribution < -0.4 is 5.32 Å². The SMILES string of the molecule is CCOCC(C)NCC(C)c1ccsc1. The third-order valence-electron chi connectivity index (χ3n) is 2.46. The van der Waals surface area contributed by atoms with Gasteiger partial charge in [-0.05, 0) is 42.2 Å². The van der Waals surface area contributed by atoms with Crippen LogP contribution in [0, 0.1) is 0 Å². The molecule has 0 fully saturated rings. The molecular formula is C12H21NOS. The van der Waals surface area contributed by atoms with Crippen LogP contribution in [0.15, 0.2) is 16.8 Å². The lowest BCUT2D eigenvalue weighted by Crippen LogP contribution is -2.33. The van der Waals surface area contributed by atoms with Crippen LogP contribution in [0.1, 0.15) is 32.3 Å². The lowest BCUT2D eigenvalue weighted by Gasteiger charge is -2.17. The minimum atomic E-state index is 0.436. The van der Waals surface area contributed by atoms with E-state index in [1.165, 1.54) is 5.56 Å². The van der Waals surface area contributed by atoms with E-state index in [2.05, 4.69) is 36.0 Å². The second-order valence-electron chi connectivity index (χ2n) is 3.93. The van der Waals surface area contributed by atoms with E-state index in [0.29, 0.717) is 12.0 Å². The molecule has 1 aromatic rings. The second kappa shape index (κ2) is 6.99. The molecule has 3 heteroatoms. The Balaban J connectivity index is 2.19. The Morgan fingerprint density at radius 2 is 2.27 bits per heavy atom. The van der Waals surface area contributed by atoms with Crippen molar-refractivity contribution in [3.63, 3.8) is 0 Å². The summed E-state index contributed by atoms with van der Waals surface area (Å²) in [5.41, 5.74) is 1.43. The third-order valence-corrected chi connectivity index (χ3v) is 3.16. The van der Waals surface area contributed by atoms with Gasteiger partial charge in [-0.25, -0.2) is 0 Å². The van der Waals surface area contributed by atoms with E-state index in [-0.39, 0.29) is 0 Å². The standard InChI is InChI=1S/C12H21NOS/c1-4-14-8-11(3)13-7-10(2)12-5-6-15-9-12/h5-6,9-11,13H,4,7-8H2,1-3H3. The van der Waals surface area contributed by atoms with Crippen LogP contribution in [-0.2, 0) is 4.74 Å². The summed E-state index contributed by atoms with van der Waals surface area (Å²) in [5.74, 6) is 0.584. The Morgan fingerprint density at radius 1 is 1.47 bits per heavy atom. The Labute approximate surface area is 96.7 Å². The van der Waals surface area contributed by atoms with Gasteiger partial charge < -0.3 is 10.1 Å². The number of nitrogens with one attached hydrogen (secondary N) is 1. The molecule has 1 aromatic heterocycles. The van der Waals surface area contributed by atoms with E-state index in [1.54, 1.807) is 11.3 Å². The molecule has 0 aliphatic carbocycles. The molecule has 2 nitrogen and oxygen atoms in total. The summed E-state index contributed by atoms with van der Waals surface area (Å²) in [6, 6.07) is 2.63. The number of thiophene rings is 1. The third kappa shape index (κ3) is 4.78. The van der Waals surface area contributed by atoms with Crippen LogP contribution >= 0.6 is 11.3 Å². The first-order valence-electron chi connectivity index (χ1n) is 5.57. The molecule has 0 bridgehead atoms. The number of rotatable bonds is 7. The zero-order valence-corrected chi connectivity index (χ0v) is 10.6. The molecule has 0 aromatic carbocycles. The highest BCUT2D eigenvalue weighted by atomic mass is 32.1. The predicted molar refractivity (Wildman–Crippen MR) is 66.7 cm³/mol. The Bertz CT molecular complexity index is 248. The maximum atomic E-state index is 5.36. The van der Waals surface area contributed by atoms with E-state index in [1.807, 2.05) is 6.92 Å². The van der Waals surface area contributed by atoms with Crippen LogP contribution in [0.2, 0.25) is 0 Å². The first-order valence-corrected chi connectivity index (χ1v) is 6.51. The van der Waals surface area contributed by atoms with Gasteiger partial charge in [0.1, 0.15) is 0 Å². The van der Waals surface area contributed by atoms with Crippen LogP contribution in [0.3, 0.4) is 0 Å². The van der Waals surface area contributed by atoms with Gasteiger partial charge in [0.25, 0.3) is 0 Å². The summed E-state index contributed by atoms with van der Waals surface area (Å²) < 4.78 is 5.36. The normalized spacial score (nSPS) is 15.1. The van der Waals surface area contributed by atoms with E-state index < -0.39 is 0 Å². The van der Waals surface area contributed by atoms with Crippen molar-refractivity contribution in [3.05, 3.63) is 22.4 Å². The van der Waals surface area contributed by atoms with E-state index in [0.717, 1.165) is 19.8 Å². The maximum absolute atomic E-state index is 5.36. The molecule has 2 unspecified atom stereocenters. The van der Waals surface area contributed by atoms with E-state index >= 15 is 0 Å². The zero-order chi connectivity index (χ0) is 11.1. The van der Waals surface area contributed by atoms with E-state index in [9.17, 15) is 0 Å². The van der Waals surface area contributed by atoms with Gasteiger partial charge in [0.15, 0.2) is 0 Å². The first kappa shape index (κ1) is 12.7. The molecule has 1 N–H and O–H groups in total. The Kier molecular flexibility index (Phi) is 5.91. The van der Waals surface area contributed by atoms with Gasteiger partial charge in [-0.3, -0.25) is 0 Å². The van der Waals surface area contributed by atoms with Gasteiger partial charge >= 0.3 is 0 Å². The summed E-state index contributed by atoms with van der Waals surface area (Å²) in [6.45, 7) is 9.06. The van der Waals surface area contributed by atoms with Crippen LogP contribution in [0.4, 0.5) is 0 Å². The fourth-order valence-electron chi connectivity index (χ4n) is 1.40. The first-order chi connectivity index (χ1) is 7.24. The Morgan fingerprint density at radius 3 is 2.87 bits per heavy atom. The molecule has 2 atom stereocenters. The van der Waals surface area contributed by atoms with Crippen LogP contribution in [-0.4, -0.2) is 25.8 Å². The summed E-state index contributed by atoms with van der Waals surface area (Å²) in [4.78, 5) is 0. The fraction of sp³-hybridized carbons (Fsp3) is 0.667. The van der Waals surface area contributed by atoms with Gasteiger partial charge in [-0.2, -0.15) is 11.3 Å². The maximum Gasteiger partial charge on any atom is 0.0616 e. The highest BCUT2D eigenvalue weighted by Crippen LogP contribution is 2.17. The van der Waals surface area contributed by atoms with Gasteiger partial charge in [0, 0.05) is 19.2 Å². The molecule has 0 radical (unpaired) electrons. The van der Waals surface area contributed by atoms with Crippen molar-refractivity contribution in [2.24, 2.45) is 0 Å². The summed E-state index contributed by atoms with van der Waals surface area (Å²) >= 11 is 1.76. The molecule has 1 rings (SSSR count). The van der Waals surface area contributed by atoms with Crippen LogP contribution in [0.25, 0.3) is 0 Å². The van der Waals surface area contributed by atoms with Crippen molar-refractivity contribution in [3.8, 4) is 0 Å². The Hall–Kier alpha value is -0.380. The highest BCUT2D eigenvalue weighted by molar-refractivity contribution is 7.07. The van der Waals surface area contributed by atoms with Crippen LogP contribution in [0.5, 0.6) is 0 Å². The molecule has 0 saturated heterocycles. The topological polar surface area (TPSA) is 21.3 Å². The predicted octanol–water partition coefficient (Wildman–Crippen LogP) is 2.87. The monoisotopic (exact) mass is 227 g/mol. The average molecular weight is 227 g/mol. The minimum Gasteiger partial charge on any atom is -0.380 e. The molecule has 0 aliphatic rings. The van der Waals surface area contributed by atoms with E-state index in [4.69, 9.17) is 4.74 Å². The summed E-state index contributed by atoms with van der Waals surface area (Å²) in [7, 11) is 0. The lowest BCUT2D eigenvalue weighted by molar-refractivity contribution is 0.127. The number of hydrogen-bond donors (Lipinski definition) is 1. The quantitative estimate of drug-likeness (QED) is 0.773. The second-order valence-corrected chi connectivity index (χ2v) is 4.71. The smallest absolute Gasteiger partial charge is 0.0616 e. The van der Waals surface area contributed by atoms with Gasteiger partial charge in [-0.15, -0.1) is 0 Å².